The standard InChI is InChI=1S/C13H14O2/c1-2-3-12-11-6-5-10(14)8-9(11)4-7-13(12)15/h2,5-6,8,12,14H,1,3-4,7H2. The van der Waals surface area contributed by atoms with Crippen molar-refractivity contribution in [3.63, 3.8) is 0 Å². The third kappa shape index (κ3) is 1.80. The number of Topliss-reactive ketones (excluding diaryl/α,β-unsaturated/α-hetero) is 1. The van der Waals surface area contributed by atoms with Crippen LogP contribution in [0.2, 0.25) is 0 Å². The zero-order valence-corrected chi connectivity index (χ0v) is 8.57. The highest BCUT2D eigenvalue weighted by molar-refractivity contribution is 5.88. The van der Waals surface area contributed by atoms with Gasteiger partial charge >= 0.3 is 0 Å². The zero-order valence-electron chi connectivity index (χ0n) is 8.57. The highest BCUT2D eigenvalue weighted by Crippen LogP contribution is 2.33. The van der Waals surface area contributed by atoms with Gasteiger partial charge in [0.2, 0.25) is 0 Å². The molecule has 1 N–H and O–H groups in total. The van der Waals surface area contributed by atoms with Gasteiger partial charge in [0.15, 0.2) is 0 Å². The summed E-state index contributed by atoms with van der Waals surface area (Å²) in [7, 11) is 0. The molecule has 0 radical (unpaired) electrons. The minimum absolute atomic E-state index is 0.0492. The lowest BCUT2D eigenvalue weighted by molar-refractivity contribution is -0.120. The molecule has 1 atom stereocenters. The Bertz CT molecular complexity index is 407. The number of phenolic OH excluding ortho intramolecular Hbond substituents is 1. The lowest BCUT2D eigenvalue weighted by Crippen LogP contribution is -2.19. The fourth-order valence-corrected chi connectivity index (χ4v) is 2.18. The summed E-state index contributed by atoms with van der Waals surface area (Å²) < 4.78 is 0. The summed E-state index contributed by atoms with van der Waals surface area (Å²) >= 11 is 0. The predicted octanol–water partition coefficient (Wildman–Crippen LogP) is 2.57. The first-order chi connectivity index (χ1) is 7.22. The summed E-state index contributed by atoms with van der Waals surface area (Å²) in [5, 5.41) is 9.37. The van der Waals surface area contributed by atoms with Gasteiger partial charge in [-0.05, 0) is 36.1 Å². The van der Waals surface area contributed by atoms with Gasteiger partial charge in [0.25, 0.3) is 0 Å². The Balaban J connectivity index is 2.43. The van der Waals surface area contributed by atoms with Gasteiger partial charge in [-0.3, -0.25) is 4.79 Å². The minimum atomic E-state index is -0.0492. The van der Waals surface area contributed by atoms with Crippen molar-refractivity contribution in [2.45, 2.75) is 25.2 Å². The average molecular weight is 202 g/mol. The van der Waals surface area contributed by atoms with E-state index >= 15 is 0 Å². The monoisotopic (exact) mass is 202 g/mol. The van der Waals surface area contributed by atoms with Crippen LogP contribution in [0.5, 0.6) is 5.75 Å². The van der Waals surface area contributed by atoms with E-state index in [9.17, 15) is 9.90 Å². The molecule has 0 fully saturated rings. The van der Waals surface area contributed by atoms with Gasteiger partial charge in [0.05, 0.1) is 0 Å². The van der Waals surface area contributed by atoms with Crippen LogP contribution in [0.15, 0.2) is 30.9 Å². The molecule has 1 unspecified atom stereocenters. The lowest BCUT2D eigenvalue weighted by atomic mass is 9.80. The van der Waals surface area contributed by atoms with Crippen LogP contribution in [0.25, 0.3) is 0 Å². The molecule has 1 aromatic carbocycles. The normalized spacial score (nSPS) is 19.7. The Kier molecular flexibility index (Phi) is 2.58. The van der Waals surface area contributed by atoms with Crippen LogP contribution < -0.4 is 0 Å². The number of carbonyl (C=O) groups is 1. The molecule has 0 saturated carbocycles. The first kappa shape index (κ1) is 9.97. The van der Waals surface area contributed by atoms with Crippen LogP contribution in [0, 0.1) is 0 Å². The number of hydrogen-bond acceptors (Lipinski definition) is 2. The fraction of sp³-hybridized carbons (Fsp3) is 0.308. The van der Waals surface area contributed by atoms with Gasteiger partial charge in [-0.2, -0.15) is 0 Å². The summed E-state index contributed by atoms with van der Waals surface area (Å²) in [6.45, 7) is 3.68. The molecule has 0 bridgehead atoms. The number of fused-ring (bicyclic) bond motifs is 1. The van der Waals surface area contributed by atoms with Crippen molar-refractivity contribution in [3.8, 4) is 5.75 Å². The summed E-state index contributed by atoms with van der Waals surface area (Å²) in [5.74, 6) is 0.514. The van der Waals surface area contributed by atoms with E-state index in [1.54, 1.807) is 18.2 Å². The number of ketones is 1. The smallest absolute Gasteiger partial charge is 0.140 e. The van der Waals surface area contributed by atoms with Crippen LogP contribution in [-0.2, 0) is 11.2 Å². The molecule has 15 heavy (non-hydrogen) atoms. The van der Waals surface area contributed by atoms with Gasteiger partial charge in [-0.1, -0.05) is 12.1 Å². The predicted molar refractivity (Wildman–Crippen MR) is 59.0 cm³/mol. The van der Waals surface area contributed by atoms with Gasteiger partial charge in [0.1, 0.15) is 11.5 Å². The van der Waals surface area contributed by atoms with Crippen molar-refractivity contribution >= 4 is 5.78 Å². The van der Waals surface area contributed by atoms with Gasteiger partial charge in [0, 0.05) is 12.3 Å². The number of rotatable bonds is 2. The molecule has 0 heterocycles. The van der Waals surface area contributed by atoms with Crippen molar-refractivity contribution in [2.75, 3.05) is 0 Å². The zero-order chi connectivity index (χ0) is 10.8. The molecular formula is C13H14O2. The summed E-state index contributed by atoms with van der Waals surface area (Å²) in [6.07, 6.45) is 3.80. The Labute approximate surface area is 89.2 Å². The number of allylic oxidation sites excluding steroid dienone is 1. The Morgan fingerprint density at radius 1 is 1.47 bits per heavy atom. The lowest BCUT2D eigenvalue weighted by Gasteiger charge is -2.23. The minimum Gasteiger partial charge on any atom is -0.508 e. The number of aromatic hydroxyl groups is 1. The summed E-state index contributed by atoms with van der Waals surface area (Å²) in [4.78, 5) is 11.7. The largest absolute Gasteiger partial charge is 0.508 e. The molecule has 2 heteroatoms. The molecule has 0 spiro atoms. The van der Waals surface area contributed by atoms with E-state index in [0.29, 0.717) is 12.8 Å². The maximum Gasteiger partial charge on any atom is 0.140 e. The summed E-state index contributed by atoms with van der Waals surface area (Å²) in [6, 6.07) is 5.27. The third-order valence-electron chi connectivity index (χ3n) is 2.93. The van der Waals surface area contributed by atoms with Crippen LogP contribution in [0.4, 0.5) is 0 Å². The second-order valence-corrected chi connectivity index (χ2v) is 3.93. The Morgan fingerprint density at radius 2 is 2.27 bits per heavy atom. The highest BCUT2D eigenvalue weighted by Gasteiger charge is 2.26. The van der Waals surface area contributed by atoms with E-state index in [-0.39, 0.29) is 17.5 Å². The maximum absolute atomic E-state index is 11.7. The molecule has 1 aromatic rings. The van der Waals surface area contributed by atoms with Crippen molar-refractivity contribution < 1.29 is 9.90 Å². The molecule has 0 amide bonds. The molecule has 1 aliphatic rings. The molecule has 2 nitrogen and oxygen atoms in total. The van der Waals surface area contributed by atoms with Crippen molar-refractivity contribution in [3.05, 3.63) is 42.0 Å². The van der Waals surface area contributed by atoms with Crippen LogP contribution >= 0.6 is 0 Å². The molecule has 1 aliphatic carbocycles. The van der Waals surface area contributed by atoms with E-state index in [2.05, 4.69) is 6.58 Å². The topological polar surface area (TPSA) is 37.3 Å². The second kappa shape index (κ2) is 3.89. The van der Waals surface area contributed by atoms with Crippen molar-refractivity contribution in [1.82, 2.24) is 0 Å². The quantitative estimate of drug-likeness (QED) is 0.748. The number of carbonyl (C=O) groups excluding carboxylic acids is 1. The van der Waals surface area contributed by atoms with Crippen LogP contribution in [0.1, 0.15) is 29.9 Å². The van der Waals surface area contributed by atoms with E-state index in [1.807, 2.05) is 6.07 Å². The fourth-order valence-electron chi connectivity index (χ4n) is 2.18. The van der Waals surface area contributed by atoms with Gasteiger partial charge in [-0.15, -0.1) is 6.58 Å². The second-order valence-electron chi connectivity index (χ2n) is 3.93. The first-order valence-corrected chi connectivity index (χ1v) is 5.17. The number of hydrogen-bond donors (Lipinski definition) is 1. The highest BCUT2D eigenvalue weighted by atomic mass is 16.3. The van der Waals surface area contributed by atoms with Crippen molar-refractivity contribution in [1.29, 1.82) is 0 Å². The van der Waals surface area contributed by atoms with E-state index < -0.39 is 0 Å². The molecule has 0 saturated heterocycles. The number of benzene rings is 1. The van der Waals surface area contributed by atoms with Gasteiger partial charge < -0.3 is 5.11 Å². The maximum atomic E-state index is 11.7. The molecular weight excluding hydrogens is 188 g/mol. The summed E-state index contributed by atoms with van der Waals surface area (Å²) in [5.41, 5.74) is 2.16. The van der Waals surface area contributed by atoms with E-state index in [4.69, 9.17) is 0 Å². The van der Waals surface area contributed by atoms with E-state index in [1.165, 1.54) is 0 Å². The van der Waals surface area contributed by atoms with Crippen LogP contribution in [-0.4, -0.2) is 10.9 Å². The molecule has 2 rings (SSSR count). The number of aryl methyl sites for hydroxylation is 1. The molecule has 0 aromatic heterocycles. The average Bonchev–Trinajstić information content (AvgIpc) is 2.22. The molecule has 0 aliphatic heterocycles. The Morgan fingerprint density at radius 3 is 3.00 bits per heavy atom. The van der Waals surface area contributed by atoms with Crippen LogP contribution in [0.3, 0.4) is 0 Å². The first-order valence-electron chi connectivity index (χ1n) is 5.17. The van der Waals surface area contributed by atoms with Gasteiger partial charge in [-0.25, -0.2) is 0 Å². The SMILES string of the molecule is C=CCC1C(=O)CCc2cc(O)ccc21. The Hall–Kier alpha value is -1.57. The number of phenols is 1. The third-order valence-corrected chi connectivity index (χ3v) is 2.93. The van der Waals surface area contributed by atoms with E-state index in [0.717, 1.165) is 17.5 Å². The molecule has 78 valence electrons. The van der Waals surface area contributed by atoms with Crippen molar-refractivity contribution in [2.24, 2.45) is 0 Å².